The Hall–Kier alpha value is -2.15. The van der Waals surface area contributed by atoms with Gasteiger partial charge in [0.25, 0.3) is 0 Å². The first-order valence-corrected chi connectivity index (χ1v) is 8.50. The van der Waals surface area contributed by atoms with Gasteiger partial charge in [-0.3, -0.25) is 4.79 Å². The van der Waals surface area contributed by atoms with Gasteiger partial charge in [0.05, 0.1) is 0 Å². The Morgan fingerprint density at radius 2 is 1.70 bits per heavy atom. The van der Waals surface area contributed by atoms with E-state index in [1.54, 1.807) is 0 Å². The normalized spacial score (nSPS) is 20.0. The molecule has 23 heavy (non-hydrogen) atoms. The van der Waals surface area contributed by atoms with Crippen LogP contribution in [-0.4, -0.2) is 5.78 Å². The van der Waals surface area contributed by atoms with Crippen molar-refractivity contribution in [3.05, 3.63) is 76.4 Å². The largest absolute Gasteiger partial charge is 0.294 e. The molecule has 1 atom stereocenters. The number of ketones is 1. The average Bonchev–Trinajstić information content (AvgIpc) is 2.55. The molecule has 2 aromatic rings. The number of carbonyl (C=O) groups is 1. The van der Waals surface area contributed by atoms with E-state index < -0.39 is 0 Å². The van der Waals surface area contributed by atoms with Crippen molar-refractivity contribution in [3.63, 3.8) is 0 Å². The summed E-state index contributed by atoms with van der Waals surface area (Å²) in [5, 5.41) is 0. The van der Waals surface area contributed by atoms with Crippen molar-refractivity contribution in [1.82, 2.24) is 0 Å². The molecule has 1 aliphatic carbocycles. The number of hydrogen-bond acceptors (Lipinski definition) is 1. The molecule has 1 unspecified atom stereocenters. The number of benzene rings is 2. The molecule has 0 spiro atoms. The van der Waals surface area contributed by atoms with Crippen molar-refractivity contribution >= 4 is 11.9 Å². The van der Waals surface area contributed by atoms with E-state index in [2.05, 4.69) is 56.3 Å². The van der Waals surface area contributed by atoms with Crippen LogP contribution in [0.5, 0.6) is 0 Å². The lowest BCUT2D eigenvalue weighted by Crippen LogP contribution is -2.23. The Morgan fingerprint density at radius 1 is 1.00 bits per heavy atom. The van der Waals surface area contributed by atoms with Crippen molar-refractivity contribution in [2.24, 2.45) is 5.92 Å². The SMILES string of the molecule is Cc1ccccc1C=C1CCCC(Cc2ccccc2C)C1=O. The maximum Gasteiger partial charge on any atom is 0.162 e. The molecule has 1 saturated carbocycles. The molecule has 0 amide bonds. The molecule has 1 aliphatic rings. The van der Waals surface area contributed by atoms with Crippen LogP contribution in [0, 0.1) is 19.8 Å². The summed E-state index contributed by atoms with van der Waals surface area (Å²) >= 11 is 0. The molecule has 0 bridgehead atoms. The summed E-state index contributed by atoms with van der Waals surface area (Å²) in [6, 6.07) is 16.7. The summed E-state index contributed by atoms with van der Waals surface area (Å²) in [6.45, 7) is 4.23. The maximum atomic E-state index is 12.9. The van der Waals surface area contributed by atoms with E-state index in [0.717, 1.165) is 31.3 Å². The van der Waals surface area contributed by atoms with Crippen LogP contribution in [0.2, 0.25) is 0 Å². The van der Waals surface area contributed by atoms with Crippen LogP contribution in [-0.2, 0) is 11.2 Å². The lowest BCUT2D eigenvalue weighted by Gasteiger charge is -2.24. The Balaban J connectivity index is 1.82. The van der Waals surface area contributed by atoms with Crippen LogP contribution in [0.15, 0.2) is 54.1 Å². The molecule has 0 aliphatic heterocycles. The van der Waals surface area contributed by atoms with Gasteiger partial charge in [0.2, 0.25) is 0 Å². The van der Waals surface area contributed by atoms with Gasteiger partial charge in [-0.15, -0.1) is 0 Å². The molecule has 0 radical (unpaired) electrons. The predicted molar refractivity (Wildman–Crippen MR) is 96.4 cm³/mol. The lowest BCUT2D eigenvalue weighted by atomic mass is 9.79. The standard InChI is InChI=1S/C22H24O/c1-16-8-3-5-10-18(16)14-20-12-7-13-21(22(20)23)15-19-11-6-4-9-17(19)2/h3-6,8-11,14,21H,7,12-13,15H2,1-2H3. The van der Waals surface area contributed by atoms with E-state index in [9.17, 15) is 4.79 Å². The predicted octanol–water partition coefficient (Wildman–Crippen LogP) is 5.30. The Bertz CT molecular complexity index is 739. The number of rotatable bonds is 3. The zero-order valence-corrected chi connectivity index (χ0v) is 14.0. The highest BCUT2D eigenvalue weighted by atomic mass is 16.1. The molecule has 0 heterocycles. The fourth-order valence-electron chi connectivity index (χ4n) is 3.43. The smallest absolute Gasteiger partial charge is 0.162 e. The van der Waals surface area contributed by atoms with E-state index in [1.165, 1.54) is 22.3 Å². The van der Waals surface area contributed by atoms with E-state index in [1.807, 2.05) is 12.1 Å². The van der Waals surface area contributed by atoms with Gasteiger partial charge in [-0.05, 0) is 73.4 Å². The Labute approximate surface area is 139 Å². The van der Waals surface area contributed by atoms with E-state index in [-0.39, 0.29) is 5.92 Å². The Kier molecular flexibility index (Phi) is 4.76. The minimum Gasteiger partial charge on any atom is -0.294 e. The first-order chi connectivity index (χ1) is 11.1. The molecule has 0 aromatic heterocycles. The van der Waals surface area contributed by atoms with Gasteiger partial charge in [-0.1, -0.05) is 48.5 Å². The zero-order valence-electron chi connectivity index (χ0n) is 14.0. The van der Waals surface area contributed by atoms with Crippen molar-refractivity contribution in [1.29, 1.82) is 0 Å². The molecule has 0 N–H and O–H groups in total. The van der Waals surface area contributed by atoms with Gasteiger partial charge >= 0.3 is 0 Å². The van der Waals surface area contributed by atoms with Gasteiger partial charge in [-0.25, -0.2) is 0 Å². The number of allylic oxidation sites excluding steroid dienone is 1. The summed E-state index contributed by atoms with van der Waals surface area (Å²) < 4.78 is 0. The fraction of sp³-hybridized carbons (Fsp3) is 0.318. The van der Waals surface area contributed by atoms with Crippen LogP contribution in [0.1, 0.15) is 41.5 Å². The quantitative estimate of drug-likeness (QED) is 0.703. The van der Waals surface area contributed by atoms with Crippen molar-refractivity contribution in [2.45, 2.75) is 39.5 Å². The summed E-state index contributed by atoms with van der Waals surface area (Å²) in [5.41, 5.74) is 6.00. The second-order valence-corrected chi connectivity index (χ2v) is 6.61. The maximum absolute atomic E-state index is 12.9. The zero-order chi connectivity index (χ0) is 16.2. The average molecular weight is 304 g/mol. The highest BCUT2D eigenvalue weighted by molar-refractivity contribution is 6.02. The molecule has 2 aromatic carbocycles. The lowest BCUT2D eigenvalue weighted by molar-refractivity contribution is -0.120. The molecular formula is C22H24O. The molecule has 118 valence electrons. The third kappa shape index (κ3) is 3.61. The highest BCUT2D eigenvalue weighted by Crippen LogP contribution is 2.30. The second kappa shape index (κ2) is 6.95. The number of hydrogen-bond donors (Lipinski definition) is 0. The van der Waals surface area contributed by atoms with Crippen LogP contribution in [0.3, 0.4) is 0 Å². The molecule has 1 fully saturated rings. The topological polar surface area (TPSA) is 17.1 Å². The fourth-order valence-corrected chi connectivity index (χ4v) is 3.43. The highest BCUT2D eigenvalue weighted by Gasteiger charge is 2.26. The summed E-state index contributed by atoms with van der Waals surface area (Å²) in [7, 11) is 0. The molecule has 3 rings (SSSR count). The van der Waals surface area contributed by atoms with Crippen molar-refractivity contribution in [2.75, 3.05) is 0 Å². The van der Waals surface area contributed by atoms with Gasteiger partial charge < -0.3 is 0 Å². The molecule has 0 saturated heterocycles. The van der Waals surface area contributed by atoms with E-state index in [4.69, 9.17) is 0 Å². The van der Waals surface area contributed by atoms with E-state index in [0.29, 0.717) is 5.78 Å². The third-order valence-electron chi connectivity index (χ3n) is 4.93. The third-order valence-corrected chi connectivity index (χ3v) is 4.93. The molecule has 1 heteroatoms. The van der Waals surface area contributed by atoms with E-state index >= 15 is 0 Å². The van der Waals surface area contributed by atoms with Crippen LogP contribution in [0.25, 0.3) is 6.08 Å². The second-order valence-electron chi connectivity index (χ2n) is 6.61. The summed E-state index contributed by atoms with van der Waals surface area (Å²) in [4.78, 5) is 12.9. The first kappa shape index (κ1) is 15.7. The van der Waals surface area contributed by atoms with Crippen LogP contribution in [0.4, 0.5) is 0 Å². The number of Topliss-reactive ketones (excluding diaryl/α,β-unsaturated/α-hetero) is 1. The Morgan fingerprint density at radius 3 is 2.43 bits per heavy atom. The minimum absolute atomic E-state index is 0.139. The first-order valence-electron chi connectivity index (χ1n) is 8.50. The minimum atomic E-state index is 0.139. The monoisotopic (exact) mass is 304 g/mol. The van der Waals surface area contributed by atoms with Crippen molar-refractivity contribution < 1.29 is 4.79 Å². The van der Waals surface area contributed by atoms with Gasteiger partial charge in [0, 0.05) is 5.92 Å². The van der Waals surface area contributed by atoms with Crippen LogP contribution >= 0.6 is 0 Å². The van der Waals surface area contributed by atoms with Gasteiger partial charge in [-0.2, -0.15) is 0 Å². The molecular weight excluding hydrogens is 280 g/mol. The number of aryl methyl sites for hydroxylation is 2. The summed E-state index contributed by atoms with van der Waals surface area (Å²) in [5.74, 6) is 0.489. The molecule has 1 nitrogen and oxygen atoms in total. The van der Waals surface area contributed by atoms with Gasteiger partial charge in [0.15, 0.2) is 5.78 Å². The van der Waals surface area contributed by atoms with Crippen molar-refractivity contribution in [3.8, 4) is 0 Å². The van der Waals surface area contributed by atoms with Crippen LogP contribution < -0.4 is 0 Å². The number of carbonyl (C=O) groups excluding carboxylic acids is 1. The summed E-state index contributed by atoms with van der Waals surface area (Å²) in [6.07, 6.45) is 6.02. The van der Waals surface area contributed by atoms with Gasteiger partial charge in [0.1, 0.15) is 0 Å².